The second-order valence-corrected chi connectivity index (χ2v) is 5.87. The van der Waals surface area contributed by atoms with Gasteiger partial charge in [-0.2, -0.15) is 13.2 Å². The molecule has 0 spiro atoms. The number of alkyl halides is 3. The Balaban J connectivity index is 1.56. The molecule has 138 valence electrons. The first-order valence-electron chi connectivity index (χ1n) is 8.25. The first-order chi connectivity index (χ1) is 12.9. The number of aromatic nitrogens is 2. The van der Waals surface area contributed by atoms with Crippen molar-refractivity contribution in [3.8, 4) is 11.4 Å². The van der Waals surface area contributed by atoms with Crippen LogP contribution in [0.3, 0.4) is 0 Å². The minimum Gasteiger partial charge on any atom is -0.352 e. The predicted octanol–water partition coefficient (Wildman–Crippen LogP) is 4.13. The molecule has 0 aliphatic rings. The number of carbonyl (C=O) groups excluding carboxylic acids is 1. The molecule has 0 saturated heterocycles. The summed E-state index contributed by atoms with van der Waals surface area (Å²) in [6, 6.07) is 13.9. The van der Waals surface area contributed by atoms with Crippen LogP contribution in [0.5, 0.6) is 0 Å². The maximum Gasteiger partial charge on any atom is 0.416 e. The topological polar surface area (TPSA) is 54.9 Å². The highest BCUT2D eigenvalue weighted by molar-refractivity contribution is 5.94. The molecule has 0 saturated carbocycles. The van der Waals surface area contributed by atoms with Crippen molar-refractivity contribution < 1.29 is 18.0 Å². The first kappa shape index (κ1) is 18.6. The molecule has 0 bridgehead atoms. The number of carbonyl (C=O) groups is 1. The van der Waals surface area contributed by atoms with Crippen LogP contribution in [-0.4, -0.2) is 22.4 Å². The summed E-state index contributed by atoms with van der Waals surface area (Å²) in [5, 5.41) is 2.61. The summed E-state index contributed by atoms with van der Waals surface area (Å²) < 4.78 is 38.1. The van der Waals surface area contributed by atoms with Crippen molar-refractivity contribution in [2.75, 3.05) is 6.54 Å². The highest BCUT2D eigenvalue weighted by Gasteiger charge is 2.30. The van der Waals surface area contributed by atoms with Gasteiger partial charge in [-0.1, -0.05) is 36.4 Å². The lowest BCUT2D eigenvalue weighted by Crippen LogP contribution is -2.26. The Morgan fingerprint density at radius 3 is 2.33 bits per heavy atom. The molecule has 1 aromatic heterocycles. The van der Waals surface area contributed by atoms with E-state index in [9.17, 15) is 18.0 Å². The van der Waals surface area contributed by atoms with Gasteiger partial charge in [0, 0.05) is 30.1 Å². The Morgan fingerprint density at radius 2 is 1.67 bits per heavy atom. The molecule has 0 fully saturated rings. The van der Waals surface area contributed by atoms with Crippen LogP contribution in [0.2, 0.25) is 0 Å². The normalized spacial score (nSPS) is 11.2. The summed E-state index contributed by atoms with van der Waals surface area (Å²) in [4.78, 5) is 20.6. The SMILES string of the molecule is O=C(NCCc1cnc(-c2ccccc2)nc1)c1cccc(C(F)(F)F)c1. The van der Waals surface area contributed by atoms with E-state index >= 15 is 0 Å². The lowest BCUT2D eigenvalue weighted by Gasteiger charge is -2.09. The molecule has 3 aromatic rings. The van der Waals surface area contributed by atoms with Crippen LogP contribution in [0.4, 0.5) is 13.2 Å². The van der Waals surface area contributed by atoms with E-state index < -0.39 is 17.6 Å². The standard InChI is InChI=1S/C20H16F3N3O/c21-20(22,23)17-8-4-7-16(11-17)19(27)24-10-9-14-12-25-18(26-13-14)15-5-2-1-3-6-15/h1-8,11-13H,9-10H2,(H,24,27). The summed E-state index contributed by atoms with van der Waals surface area (Å²) in [5.74, 6) is 0.0512. The van der Waals surface area contributed by atoms with E-state index in [1.165, 1.54) is 12.1 Å². The number of rotatable bonds is 5. The maximum absolute atomic E-state index is 12.7. The van der Waals surface area contributed by atoms with Crippen molar-refractivity contribution in [1.29, 1.82) is 0 Å². The second-order valence-electron chi connectivity index (χ2n) is 5.87. The summed E-state index contributed by atoms with van der Waals surface area (Å²) in [5.41, 5.74) is 0.849. The molecule has 1 amide bonds. The zero-order valence-electron chi connectivity index (χ0n) is 14.2. The van der Waals surface area contributed by atoms with Crippen LogP contribution in [0, 0.1) is 0 Å². The quantitative estimate of drug-likeness (QED) is 0.734. The molecule has 1 N–H and O–H groups in total. The predicted molar refractivity (Wildman–Crippen MR) is 94.9 cm³/mol. The fraction of sp³-hybridized carbons (Fsp3) is 0.150. The van der Waals surface area contributed by atoms with E-state index in [0.29, 0.717) is 12.2 Å². The smallest absolute Gasteiger partial charge is 0.352 e. The summed E-state index contributed by atoms with van der Waals surface area (Å²) >= 11 is 0. The zero-order chi connectivity index (χ0) is 19.3. The summed E-state index contributed by atoms with van der Waals surface area (Å²) in [7, 11) is 0. The third-order valence-corrected chi connectivity index (χ3v) is 3.89. The number of benzene rings is 2. The fourth-order valence-corrected chi connectivity index (χ4v) is 2.48. The number of amides is 1. The minimum atomic E-state index is -4.48. The lowest BCUT2D eigenvalue weighted by molar-refractivity contribution is -0.137. The first-order valence-corrected chi connectivity index (χ1v) is 8.25. The van der Waals surface area contributed by atoms with Crippen molar-refractivity contribution in [2.24, 2.45) is 0 Å². The van der Waals surface area contributed by atoms with Crippen molar-refractivity contribution >= 4 is 5.91 Å². The molecule has 27 heavy (non-hydrogen) atoms. The van der Waals surface area contributed by atoms with E-state index in [0.717, 1.165) is 23.3 Å². The Labute approximate surface area is 154 Å². The van der Waals surface area contributed by atoms with Gasteiger partial charge in [0.05, 0.1) is 5.56 Å². The van der Waals surface area contributed by atoms with E-state index in [1.807, 2.05) is 30.3 Å². The van der Waals surface area contributed by atoms with Gasteiger partial charge in [0.15, 0.2) is 5.82 Å². The van der Waals surface area contributed by atoms with Gasteiger partial charge in [-0.25, -0.2) is 9.97 Å². The lowest BCUT2D eigenvalue weighted by atomic mass is 10.1. The number of hydrogen-bond acceptors (Lipinski definition) is 3. The van der Waals surface area contributed by atoms with Crippen LogP contribution in [0.15, 0.2) is 67.0 Å². The van der Waals surface area contributed by atoms with Crippen LogP contribution >= 0.6 is 0 Å². The molecule has 0 atom stereocenters. The van der Waals surface area contributed by atoms with Crippen LogP contribution < -0.4 is 5.32 Å². The molecule has 1 heterocycles. The van der Waals surface area contributed by atoms with E-state index in [2.05, 4.69) is 15.3 Å². The van der Waals surface area contributed by atoms with Crippen molar-refractivity contribution in [2.45, 2.75) is 12.6 Å². The number of nitrogens with zero attached hydrogens (tertiary/aromatic N) is 2. The van der Waals surface area contributed by atoms with Crippen LogP contribution in [0.1, 0.15) is 21.5 Å². The molecule has 0 unspecified atom stereocenters. The van der Waals surface area contributed by atoms with Crippen molar-refractivity contribution in [1.82, 2.24) is 15.3 Å². The second kappa shape index (κ2) is 7.99. The highest BCUT2D eigenvalue weighted by atomic mass is 19.4. The Morgan fingerprint density at radius 1 is 0.963 bits per heavy atom. The molecule has 0 aliphatic heterocycles. The fourth-order valence-electron chi connectivity index (χ4n) is 2.48. The molecule has 2 aromatic carbocycles. The van der Waals surface area contributed by atoms with Gasteiger partial charge in [0.2, 0.25) is 0 Å². The Hall–Kier alpha value is -3.22. The number of nitrogens with one attached hydrogen (secondary N) is 1. The molecule has 3 rings (SSSR count). The average molecular weight is 371 g/mol. The summed E-state index contributed by atoms with van der Waals surface area (Å²) in [6.45, 7) is 0.267. The summed E-state index contributed by atoms with van der Waals surface area (Å²) in [6.07, 6.45) is -0.661. The molecule has 0 radical (unpaired) electrons. The third-order valence-electron chi connectivity index (χ3n) is 3.89. The van der Waals surface area contributed by atoms with Crippen LogP contribution in [-0.2, 0) is 12.6 Å². The van der Waals surface area contributed by atoms with Gasteiger partial charge in [0.25, 0.3) is 5.91 Å². The minimum absolute atomic E-state index is 0.0273. The molecule has 0 aliphatic carbocycles. The van der Waals surface area contributed by atoms with Gasteiger partial charge in [-0.3, -0.25) is 4.79 Å². The number of halogens is 3. The van der Waals surface area contributed by atoms with E-state index in [4.69, 9.17) is 0 Å². The highest BCUT2D eigenvalue weighted by Crippen LogP contribution is 2.29. The third kappa shape index (κ3) is 4.91. The maximum atomic E-state index is 12.7. The molecular weight excluding hydrogens is 355 g/mol. The molecule has 4 nitrogen and oxygen atoms in total. The van der Waals surface area contributed by atoms with Crippen LogP contribution in [0.25, 0.3) is 11.4 Å². The van der Waals surface area contributed by atoms with Gasteiger partial charge in [0.1, 0.15) is 0 Å². The molecular formula is C20H16F3N3O. The van der Waals surface area contributed by atoms with Gasteiger partial charge >= 0.3 is 6.18 Å². The monoisotopic (exact) mass is 371 g/mol. The van der Waals surface area contributed by atoms with E-state index in [-0.39, 0.29) is 12.1 Å². The van der Waals surface area contributed by atoms with E-state index in [1.54, 1.807) is 12.4 Å². The zero-order valence-corrected chi connectivity index (χ0v) is 14.2. The number of hydrogen-bond donors (Lipinski definition) is 1. The Bertz CT molecular complexity index is 910. The van der Waals surface area contributed by atoms with Crippen molar-refractivity contribution in [3.63, 3.8) is 0 Å². The largest absolute Gasteiger partial charge is 0.416 e. The van der Waals surface area contributed by atoms with Gasteiger partial charge in [-0.15, -0.1) is 0 Å². The van der Waals surface area contributed by atoms with Gasteiger partial charge < -0.3 is 5.32 Å². The van der Waals surface area contributed by atoms with Crippen molar-refractivity contribution in [3.05, 3.63) is 83.7 Å². The van der Waals surface area contributed by atoms with Gasteiger partial charge in [-0.05, 0) is 30.2 Å². The average Bonchev–Trinajstić information content (AvgIpc) is 2.68. The molecule has 7 heteroatoms. The Kier molecular flexibility index (Phi) is 5.49.